The van der Waals surface area contributed by atoms with E-state index < -0.39 is 0 Å². The Morgan fingerprint density at radius 2 is 0.927 bits per heavy atom. The van der Waals surface area contributed by atoms with Gasteiger partial charge >= 0.3 is 0 Å². The lowest BCUT2D eigenvalue weighted by Crippen LogP contribution is -2.17. The van der Waals surface area contributed by atoms with Gasteiger partial charge in [0.1, 0.15) is 0 Å². The molecule has 0 saturated carbocycles. The fourth-order valence-electron chi connectivity index (χ4n) is 9.07. The first-order valence-corrected chi connectivity index (χ1v) is 18.9. The normalized spacial score (nSPS) is 15.2. The molecule has 2 N–H and O–H groups in total. The van der Waals surface area contributed by atoms with Crippen LogP contribution in [0.2, 0.25) is 0 Å². The van der Waals surface area contributed by atoms with E-state index in [0.717, 1.165) is 57.6 Å². The van der Waals surface area contributed by atoms with Crippen LogP contribution in [0.1, 0.15) is 34.1 Å². The molecule has 9 nitrogen and oxygen atoms in total. The maximum Gasteiger partial charge on any atom is 0.273 e. The fourth-order valence-corrected chi connectivity index (χ4v) is 9.07. The van der Waals surface area contributed by atoms with Gasteiger partial charge in [-0.05, 0) is 107 Å². The number of hydrogen-bond acceptors (Lipinski definition) is 8. The Hall–Kier alpha value is -6.42. The molecule has 0 spiro atoms. The summed E-state index contributed by atoms with van der Waals surface area (Å²) in [6.45, 7) is 1.77. The first-order chi connectivity index (χ1) is 27.0. The van der Waals surface area contributed by atoms with E-state index in [1.165, 1.54) is 50.8 Å². The van der Waals surface area contributed by atoms with E-state index in [-0.39, 0.29) is 0 Å². The summed E-state index contributed by atoms with van der Waals surface area (Å²) in [5.41, 5.74) is 17.1. The Morgan fingerprint density at radius 1 is 0.509 bits per heavy atom. The lowest BCUT2D eigenvalue weighted by molar-refractivity contribution is 0.720. The largest absolute Gasteiger partial charge is 0.345 e. The van der Waals surface area contributed by atoms with E-state index in [2.05, 4.69) is 181 Å². The van der Waals surface area contributed by atoms with Gasteiger partial charge in [0.25, 0.3) is 5.95 Å². The number of benzene rings is 6. The van der Waals surface area contributed by atoms with Crippen LogP contribution in [0.15, 0.2) is 128 Å². The van der Waals surface area contributed by atoms with Crippen LogP contribution in [0.25, 0.3) is 50.0 Å². The zero-order valence-corrected chi connectivity index (χ0v) is 31.3. The summed E-state index contributed by atoms with van der Waals surface area (Å²) in [5, 5.41) is 26.2. The number of hydrogen-bond donors (Lipinski definition) is 2. The molecule has 2 aliphatic rings. The van der Waals surface area contributed by atoms with Gasteiger partial charge in [-0.15, -0.1) is 20.4 Å². The summed E-state index contributed by atoms with van der Waals surface area (Å²) in [5.74, 6) is 1.04. The van der Waals surface area contributed by atoms with E-state index >= 15 is 0 Å². The number of nitrogens with zero attached hydrogens (tertiary/aromatic N) is 7. The number of likely N-dealkylation sites (N-methyl/N-ethyl adjacent to an activating group) is 2. The molecule has 270 valence electrons. The van der Waals surface area contributed by atoms with Crippen LogP contribution in [0, 0.1) is 0 Å². The smallest absolute Gasteiger partial charge is 0.273 e. The minimum Gasteiger partial charge on any atom is -0.345 e. The molecule has 0 aliphatic heterocycles. The Balaban J connectivity index is 1.05. The Kier molecular flexibility index (Phi) is 7.94. The zero-order valence-electron chi connectivity index (χ0n) is 31.3. The molecule has 2 aliphatic carbocycles. The van der Waals surface area contributed by atoms with Gasteiger partial charge in [0.2, 0.25) is 0 Å². The number of rotatable bonds is 9. The average Bonchev–Trinajstić information content (AvgIpc) is 3.85. The average molecular weight is 720 g/mol. The van der Waals surface area contributed by atoms with Gasteiger partial charge in [-0.1, -0.05) is 72.8 Å². The second-order valence-corrected chi connectivity index (χ2v) is 14.6. The molecule has 8 aromatic rings. The van der Waals surface area contributed by atoms with Crippen molar-refractivity contribution in [2.24, 2.45) is 0 Å². The molecule has 2 atom stereocenters. The zero-order chi connectivity index (χ0) is 37.2. The molecule has 2 heterocycles. The Labute approximate surface area is 320 Å². The Bertz CT molecular complexity index is 2590. The van der Waals surface area contributed by atoms with Crippen LogP contribution < -0.4 is 20.4 Å². The van der Waals surface area contributed by atoms with Gasteiger partial charge in [0.15, 0.2) is 6.33 Å². The van der Waals surface area contributed by atoms with Crippen molar-refractivity contribution in [3.63, 3.8) is 0 Å². The van der Waals surface area contributed by atoms with Crippen molar-refractivity contribution < 1.29 is 0 Å². The highest BCUT2D eigenvalue weighted by Crippen LogP contribution is 2.48. The molecule has 9 heteroatoms. The lowest BCUT2D eigenvalue weighted by Gasteiger charge is -2.22. The van der Waals surface area contributed by atoms with Crippen LogP contribution in [-0.2, 0) is 0 Å². The summed E-state index contributed by atoms with van der Waals surface area (Å²) in [7, 11) is 8.33. The quantitative estimate of drug-likeness (QED) is 0.154. The highest BCUT2D eigenvalue weighted by Gasteiger charge is 2.30. The lowest BCUT2D eigenvalue weighted by atomic mass is 9.96. The van der Waals surface area contributed by atoms with Crippen LogP contribution in [0.4, 0.5) is 22.7 Å². The van der Waals surface area contributed by atoms with E-state index in [1.54, 1.807) is 0 Å². The molecule has 55 heavy (non-hydrogen) atoms. The van der Waals surface area contributed by atoms with Crippen LogP contribution in [0.5, 0.6) is 0 Å². The van der Waals surface area contributed by atoms with Crippen molar-refractivity contribution in [3.8, 4) is 28.2 Å². The third-order valence-corrected chi connectivity index (χ3v) is 11.8. The maximum atomic E-state index is 4.46. The highest BCUT2D eigenvalue weighted by atomic mass is 15.3. The van der Waals surface area contributed by atoms with E-state index in [0.29, 0.717) is 17.8 Å². The van der Waals surface area contributed by atoms with Crippen LogP contribution >= 0.6 is 0 Å². The molecule has 2 unspecified atom stereocenters. The van der Waals surface area contributed by atoms with Gasteiger partial charge in [-0.25, -0.2) is 0 Å². The topological polar surface area (TPSA) is 87.0 Å². The monoisotopic (exact) mass is 719 g/mol. The third-order valence-electron chi connectivity index (χ3n) is 11.8. The minimum atomic E-state index is 0.306. The van der Waals surface area contributed by atoms with Crippen molar-refractivity contribution in [1.82, 2.24) is 35.6 Å². The molecule has 10 rings (SSSR count). The number of anilines is 4. The van der Waals surface area contributed by atoms with Gasteiger partial charge in [0.05, 0.1) is 11.0 Å². The standard InChI is InChI=1S/C46H41N9/c1-47-25-42-34-11-7-5-9-32(34)36-17-13-28(21-40(36)42)53(3)30-15-19-38-39-20-16-31(24-45(39)55(44(38)23-30)46-51-49-27-50-52-46)54(4)29-14-18-37-33-10-6-8-12-35(33)43(26-48-2)41(37)22-29/h5-24,27,42-43,47-48H,25-26H2,1-4H3. The molecule has 0 fully saturated rings. The van der Waals surface area contributed by atoms with Crippen molar-refractivity contribution in [2.75, 3.05) is 51.1 Å². The van der Waals surface area contributed by atoms with E-state index in [9.17, 15) is 0 Å². The Morgan fingerprint density at radius 3 is 1.40 bits per heavy atom. The number of nitrogens with one attached hydrogen (secondary N) is 2. The molecule has 0 radical (unpaired) electrons. The summed E-state index contributed by atoms with van der Waals surface area (Å²) in [6, 6.07) is 44.5. The summed E-state index contributed by atoms with van der Waals surface area (Å²) in [6.07, 6.45) is 1.37. The van der Waals surface area contributed by atoms with Crippen molar-refractivity contribution >= 4 is 44.6 Å². The van der Waals surface area contributed by atoms with Crippen molar-refractivity contribution in [2.45, 2.75) is 11.8 Å². The van der Waals surface area contributed by atoms with E-state index in [4.69, 9.17) is 0 Å². The molecule has 0 bridgehead atoms. The minimum absolute atomic E-state index is 0.306. The molecule has 0 amide bonds. The SMILES string of the molecule is CNCC1c2ccccc2-c2ccc(N(C)c3ccc4c5ccc(N(C)c6ccc7c(c6)C(CNC)c6ccccc6-7)cc5n(-c5nncnn5)c4c3)cc21. The molecular formula is C46H41N9. The van der Waals surface area contributed by atoms with Crippen molar-refractivity contribution in [1.29, 1.82) is 0 Å². The predicted molar refractivity (Wildman–Crippen MR) is 223 cm³/mol. The second kappa shape index (κ2) is 13.2. The molecule has 6 aromatic carbocycles. The molecular weight excluding hydrogens is 679 g/mol. The van der Waals surface area contributed by atoms with E-state index in [1.807, 2.05) is 14.1 Å². The molecule has 0 saturated heterocycles. The number of aromatic nitrogens is 5. The number of fused-ring (bicyclic) bond motifs is 9. The van der Waals surface area contributed by atoms with Crippen LogP contribution in [0.3, 0.4) is 0 Å². The summed E-state index contributed by atoms with van der Waals surface area (Å²) in [4.78, 5) is 4.52. The first kappa shape index (κ1) is 33.2. The van der Waals surface area contributed by atoms with Gasteiger partial charge in [-0.2, -0.15) is 0 Å². The highest BCUT2D eigenvalue weighted by molar-refractivity contribution is 6.11. The van der Waals surface area contributed by atoms with Gasteiger partial charge in [-0.3, -0.25) is 4.57 Å². The van der Waals surface area contributed by atoms with Gasteiger partial charge < -0.3 is 20.4 Å². The van der Waals surface area contributed by atoms with Gasteiger partial charge in [0, 0.05) is 72.5 Å². The predicted octanol–water partition coefficient (Wildman–Crippen LogP) is 8.56. The van der Waals surface area contributed by atoms with Crippen molar-refractivity contribution in [3.05, 3.63) is 150 Å². The summed E-state index contributed by atoms with van der Waals surface area (Å²) >= 11 is 0. The first-order valence-electron chi connectivity index (χ1n) is 18.9. The second-order valence-electron chi connectivity index (χ2n) is 14.6. The maximum absolute atomic E-state index is 4.46. The molecule has 2 aromatic heterocycles. The fraction of sp³-hybridized carbons (Fsp3) is 0.174. The summed E-state index contributed by atoms with van der Waals surface area (Å²) < 4.78 is 2.09. The third kappa shape index (κ3) is 5.22. The van der Waals surface area contributed by atoms with Crippen LogP contribution in [-0.4, -0.2) is 66.2 Å².